The second kappa shape index (κ2) is 7.73. The molecule has 0 bridgehead atoms. The number of nitrogens with zero attached hydrogens (tertiary/aromatic N) is 1. The van der Waals surface area contributed by atoms with E-state index in [0.29, 0.717) is 37.9 Å². The van der Waals surface area contributed by atoms with Crippen LogP contribution in [0.5, 0.6) is 0 Å². The third kappa shape index (κ3) is 4.16. The minimum Gasteiger partial charge on any atom is -0.457 e. The lowest BCUT2D eigenvalue weighted by Crippen LogP contribution is -2.40. The number of hydrogen-bond acceptors (Lipinski definition) is 4. The van der Waals surface area contributed by atoms with Crippen LogP contribution in [-0.2, 0) is 14.3 Å². The SMILES string of the molecule is CCC(=O)N1CCC(C(=O)OCC(=O)c2ccccc2)CC1. The summed E-state index contributed by atoms with van der Waals surface area (Å²) in [6, 6.07) is 8.77. The van der Waals surface area contributed by atoms with Crippen molar-refractivity contribution in [2.24, 2.45) is 5.92 Å². The number of piperidine rings is 1. The van der Waals surface area contributed by atoms with Gasteiger partial charge in [-0.1, -0.05) is 37.3 Å². The van der Waals surface area contributed by atoms with Crippen LogP contribution in [0.4, 0.5) is 0 Å². The van der Waals surface area contributed by atoms with E-state index in [1.54, 1.807) is 29.2 Å². The Bertz CT molecular complexity index is 533. The Hall–Kier alpha value is -2.17. The van der Waals surface area contributed by atoms with Gasteiger partial charge in [-0.15, -0.1) is 0 Å². The van der Waals surface area contributed by atoms with Crippen molar-refractivity contribution in [3.05, 3.63) is 35.9 Å². The number of rotatable bonds is 5. The van der Waals surface area contributed by atoms with Crippen molar-refractivity contribution in [1.82, 2.24) is 4.90 Å². The Morgan fingerprint density at radius 3 is 2.36 bits per heavy atom. The Balaban J connectivity index is 1.77. The minimum atomic E-state index is -0.340. The first-order valence-electron chi connectivity index (χ1n) is 7.64. The van der Waals surface area contributed by atoms with Gasteiger partial charge in [0.2, 0.25) is 5.91 Å². The molecule has 0 aromatic heterocycles. The highest BCUT2D eigenvalue weighted by atomic mass is 16.5. The Kier molecular flexibility index (Phi) is 5.69. The number of esters is 1. The molecule has 5 heteroatoms. The van der Waals surface area contributed by atoms with E-state index in [4.69, 9.17) is 4.74 Å². The average Bonchev–Trinajstić information content (AvgIpc) is 2.59. The third-order valence-electron chi connectivity index (χ3n) is 3.92. The van der Waals surface area contributed by atoms with E-state index in [-0.39, 0.29) is 30.2 Å². The number of ketones is 1. The molecule has 0 radical (unpaired) electrons. The Morgan fingerprint density at radius 1 is 1.14 bits per heavy atom. The summed E-state index contributed by atoms with van der Waals surface area (Å²) in [6.45, 7) is 2.77. The molecule has 0 unspecified atom stereocenters. The van der Waals surface area contributed by atoms with Crippen LogP contribution in [0.25, 0.3) is 0 Å². The molecular formula is C17H21NO4. The number of benzene rings is 1. The molecule has 1 saturated heterocycles. The van der Waals surface area contributed by atoms with Crippen molar-refractivity contribution in [2.45, 2.75) is 26.2 Å². The van der Waals surface area contributed by atoms with Crippen LogP contribution in [0.15, 0.2) is 30.3 Å². The van der Waals surface area contributed by atoms with Gasteiger partial charge in [0, 0.05) is 25.1 Å². The summed E-state index contributed by atoms with van der Waals surface area (Å²) in [5, 5.41) is 0. The molecule has 22 heavy (non-hydrogen) atoms. The van der Waals surface area contributed by atoms with Gasteiger partial charge >= 0.3 is 5.97 Å². The smallest absolute Gasteiger partial charge is 0.309 e. The number of Topliss-reactive ketones (excluding diaryl/α,β-unsaturated/α-hetero) is 1. The number of hydrogen-bond donors (Lipinski definition) is 0. The quantitative estimate of drug-likeness (QED) is 0.617. The standard InChI is InChI=1S/C17H21NO4/c1-2-16(20)18-10-8-14(9-11-18)17(21)22-12-15(19)13-6-4-3-5-7-13/h3-7,14H,2,8-12H2,1H3. The van der Waals surface area contributed by atoms with Crippen LogP contribution in [-0.4, -0.2) is 42.3 Å². The van der Waals surface area contributed by atoms with Crippen molar-refractivity contribution >= 4 is 17.7 Å². The molecule has 1 fully saturated rings. The van der Waals surface area contributed by atoms with Crippen LogP contribution >= 0.6 is 0 Å². The Labute approximate surface area is 130 Å². The van der Waals surface area contributed by atoms with Crippen LogP contribution < -0.4 is 0 Å². The summed E-state index contributed by atoms with van der Waals surface area (Å²) in [7, 11) is 0. The molecule has 1 heterocycles. The van der Waals surface area contributed by atoms with Gasteiger partial charge in [0.15, 0.2) is 12.4 Å². The summed E-state index contributed by atoms with van der Waals surface area (Å²) in [5.41, 5.74) is 0.540. The molecule has 1 aromatic carbocycles. The Morgan fingerprint density at radius 2 is 1.77 bits per heavy atom. The van der Waals surface area contributed by atoms with Crippen molar-refractivity contribution in [2.75, 3.05) is 19.7 Å². The van der Waals surface area contributed by atoms with Crippen LogP contribution in [0, 0.1) is 5.92 Å². The average molecular weight is 303 g/mol. The fraction of sp³-hybridized carbons (Fsp3) is 0.471. The largest absolute Gasteiger partial charge is 0.457 e. The van der Waals surface area contributed by atoms with Gasteiger partial charge in [0.1, 0.15) is 0 Å². The third-order valence-corrected chi connectivity index (χ3v) is 3.92. The predicted molar refractivity (Wildman–Crippen MR) is 81.3 cm³/mol. The molecule has 0 saturated carbocycles. The summed E-state index contributed by atoms with van der Waals surface area (Å²) in [5.74, 6) is -0.643. The molecule has 0 atom stereocenters. The maximum Gasteiger partial charge on any atom is 0.309 e. The van der Waals surface area contributed by atoms with Crippen molar-refractivity contribution in [1.29, 1.82) is 0 Å². The van der Waals surface area contributed by atoms with Crippen molar-refractivity contribution < 1.29 is 19.1 Å². The first kappa shape index (κ1) is 16.2. The maximum atomic E-state index is 12.0. The van der Waals surface area contributed by atoms with Gasteiger partial charge in [-0.2, -0.15) is 0 Å². The van der Waals surface area contributed by atoms with E-state index < -0.39 is 0 Å². The highest BCUT2D eigenvalue weighted by Crippen LogP contribution is 2.19. The zero-order valence-electron chi connectivity index (χ0n) is 12.8. The van der Waals surface area contributed by atoms with E-state index in [1.165, 1.54) is 0 Å². The fourth-order valence-electron chi connectivity index (χ4n) is 2.55. The van der Waals surface area contributed by atoms with Gasteiger partial charge in [-0.3, -0.25) is 14.4 Å². The minimum absolute atomic E-state index is 0.117. The monoisotopic (exact) mass is 303 g/mol. The van der Waals surface area contributed by atoms with Crippen molar-refractivity contribution in [3.63, 3.8) is 0 Å². The number of amides is 1. The predicted octanol–water partition coefficient (Wildman–Crippen LogP) is 2.06. The zero-order chi connectivity index (χ0) is 15.9. The maximum absolute atomic E-state index is 12.0. The van der Waals surface area contributed by atoms with Crippen LogP contribution in [0.3, 0.4) is 0 Å². The lowest BCUT2D eigenvalue weighted by molar-refractivity contribution is -0.150. The van der Waals surface area contributed by atoms with Gasteiger partial charge in [0.05, 0.1) is 5.92 Å². The molecule has 1 aliphatic rings. The summed E-state index contributed by atoms with van der Waals surface area (Å²) < 4.78 is 5.13. The summed E-state index contributed by atoms with van der Waals surface area (Å²) in [4.78, 5) is 37.2. The molecule has 1 amide bonds. The molecule has 0 spiro atoms. The van der Waals surface area contributed by atoms with E-state index in [1.807, 2.05) is 13.0 Å². The van der Waals surface area contributed by atoms with Gasteiger partial charge in [0.25, 0.3) is 0 Å². The van der Waals surface area contributed by atoms with Crippen LogP contribution in [0.1, 0.15) is 36.5 Å². The topological polar surface area (TPSA) is 63.7 Å². The van der Waals surface area contributed by atoms with Crippen LogP contribution in [0.2, 0.25) is 0 Å². The summed E-state index contributed by atoms with van der Waals surface area (Å²) >= 11 is 0. The van der Waals surface area contributed by atoms with Gasteiger partial charge < -0.3 is 9.64 Å². The lowest BCUT2D eigenvalue weighted by Gasteiger charge is -2.30. The molecule has 2 rings (SSSR count). The number of carbonyl (C=O) groups is 3. The first-order valence-corrected chi connectivity index (χ1v) is 7.64. The highest BCUT2D eigenvalue weighted by molar-refractivity contribution is 5.97. The van der Waals surface area contributed by atoms with E-state index in [0.717, 1.165) is 0 Å². The highest BCUT2D eigenvalue weighted by Gasteiger charge is 2.28. The second-order valence-corrected chi connectivity index (χ2v) is 5.41. The molecule has 0 aliphatic carbocycles. The van der Waals surface area contributed by atoms with Gasteiger partial charge in [-0.25, -0.2) is 0 Å². The molecule has 5 nitrogen and oxygen atoms in total. The van der Waals surface area contributed by atoms with E-state index >= 15 is 0 Å². The molecular weight excluding hydrogens is 282 g/mol. The summed E-state index contributed by atoms with van der Waals surface area (Å²) in [6.07, 6.45) is 1.69. The zero-order valence-corrected chi connectivity index (χ0v) is 12.8. The van der Waals surface area contributed by atoms with E-state index in [9.17, 15) is 14.4 Å². The number of carbonyl (C=O) groups excluding carboxylic acids is 3. The molecule has 1 aliphatic heterocycles. The fourth-order valence-corrected chi connectivity index (χ4v) is 2.55. The first-order chi connectivity index (χ1) is 10.6. The number of likely N-dealkylation sites (tertiary alicyclic amines) is 1. The molecule has 0 N–H and O–H groups in total. The lowest BCUT2D eigenvalue weighted by atomic mass is 9.97. The van der Waals surface area contributed by atoms with Crippen molar-refractivity contribution in [3.8, 4) is 0 Å². The molecule has 1 aromatic rings. The van der Waals surface area contributed by atoms with E-state index in [2.05, 4.69) is 0 Å². The van der Waals surface area contributed by atoms with Gasteiger partial charge in [-0.05, 0) is 12.8 Å². The normalized spacial score (nSPS) is 15.4. The second-order valence-electron chi connectivity index (χ2n) is 5.41. The number of ether oxygens (including phenoxy) is 1. The molecule has 118 valence electrons.